The summed E-state index contributed by atoms with van der Waals surface area (Å²) >= 11 is 0. The van der Waals surface area contributed by atoms with Crippen LogP contribution in [0.5, 0.6) is 0 Å². The number of carboxylic acids is 1. The van der Waals surface area contributed by atoms with Crippen LogP contribution in [0.1, 0.15) is 65.7 Å². The van der Waals surface area contributed by atoms with Crippen LogP contribution in [0.2, 0.25) is 0 Å². The Morgan fingerprint density at radius 1 is 1.23 bits per heavy atom. The number of hydrogen-bond donors (Lipinski definition) is 1. The summed E-state index contributed by atoms with van der Waals surface area (Å²) in [5, 5.41) is 8.60. The van der Waals surface area contributed by atoms with Gasteiger partial charge in [-0.15, -0.1) is 0 Å². The molecular formula is C17H31NO4. The van der Waals surface area contributed by atoms with Crippen molar-refractivity contribution < 1.29 is 19.4 Å². The molecular weight excluding hydrogens is 282 g/mol. The lowest BCUT2D eigenvalue weighted by atomic mass is 9.63. The van der Waals surface area contributed by atoms with Gasteiger partial charge < -0.3 is 14.7 Å². The summed E-state index contributed by atoms with van der Waals surface area (Å²) in [7, 11) is 1.86. The van der Waals surface area contributed by atoms with Crippen LogP contribution < -0.4 is 0 Å². The van der Waals surface area contributed by atoms with E-state index in [2.05, 4.69) is 20.8 Å². The first-order valence-corrected chi connectivity index (χ1v) is 8.39. The summed E-state index contributed by atoms with van der Waals surface area (Å²) in [6.07, 6.45) is 5.10. The van der Waals surface area contributed by atoms with Crippen molar-refractivity contribution in [3.05, 3.63) is 0 Å². The minimum Gasteiger partial charge on any atom is -0.481 e. The van der Waals surface area contributed by atoms with Crippen LogP contribution in [0, 0.1) is 5.41 Å². The molecule has 0 aromatic rings. The van der Waals surface area contributed by atoms with Gasteiger partial charge in [0.25, 0.3) is 0 Å². The first-order valence-electron chi connectivity index (χ1n) is 8.39. The zero-order valence-electron chi connectivity index (χ0n) is 14.4. The highest BCUT2D eigenvalue weighted by Gasteiger charge is 2.51. The van der Waals surface area contributed by atoms with Crippen molar-refractivity contribution in [2.45, 2.75) is 77.9 Å². The second kappa shape index (κ2) is 8.51. The molecule has 1 rings (SSSR count). The van der Waals surface area contributed by atoms with Crippen LogP contribution in [-0.4, -0.2) is 47.7 Å². The minimum absolute atomic E-state index is 0.0147. The van der Waals surface area contributed by atoms with Crippen LogP contribution in [-0.2, 0) is 14.3 Å². The molecule has 1 N–H and O–H groups in total. The van der Waals surface area contributed by atoms with Gasteiger partial charge in [-0.05, 0) is 25.7 Å². The average molecular weight is 313 g/mol. The molecule has 1 fully saturated rings. The Balaban J connectivity index is 2.35. The number of carbonyl (C=O) groups is 2. The van der Waals surface area contributed by atoms with Crippen LogP contribution in [0.25, 0.3) is 0 Å². The minimum atomic E-state index is -0.798. The lowest BCUT2D eigenvalue weighted by Crippen LogP contribution is -2.62. The average Bonchev–Trinajstić information content (AvgIpc) is 2.45. The van der Waals surface area contributed by atoms with E-state index in [1.807, 2.05) is 11.9 Å². The number of amides is 1. The van der Waals surface area contributed by atoms with Crippen molar-refractivity contribution >= 4 is 11.9 Å². The van der Waals surface area contributed by atoms with Crippen LogP contribution in [0.3, 0.4) is 0 Å². The Bertz CT molecular complexity index is 381. The monoisotopic (exact) mass is 313 g/mol. The molecule has 0 aliphatic heterocycles. The zero-order valence-corrected chi connectivity index (χ0v) is 14.4. The maximum atomic E-state index is 12.2. The third-order valence-corrected chi connectivity index (χ3v) is 4.84. The van der Waals surface area contributed by atoms with E-state index >= 15 is 0 Å². The number of carbonyl (C=O) groups excluding carboxylic acids is 1. The predicted octanol–water partition coefficient (Wildman–Crippen LogP) is 3.07. The first kappa shape index (κ1) is 18.9. The van der Waals surface area contributed by atoms with E-state index in [9.17, 15) is 9.59 Å². The number of rotatable bonds is 10. The molecule has 1 aliphatic rings. The molecule has 0 heterocycles. The Labute approximate surface area is 134 Å². The van der Waals surface area contributed by atoms with E-state index < -0.39 is 5.97 Å². The third kappa shape index (κ3) is 4.97. The summed E-state index contributed by atoms with van der Waals surface area (Å²) in [4.78, 5) is 24.5. The lowest BCUT2D eigenvalue weighted by Gasteiger charge is -2.55. The molecule has 0 radical (unpaired) electrons. The molecule has 0 aromatic heterocycles. The van der Waals surface area contributed by atoms with Gasteiger partial charge in [0.15, 0.2) is 0 Å². The summed E-state index contributed by atoms with van der Waals surface area (Å²) in [5.41, 5.74) is -0.0147. The summed E-state index contributed by atoms with van der Waals surface area (Å²) in [6.45, 7) is 7.26. The number of carboxylic acid groups (broad SMARTS) is 1. The Morgan fingerprint density at radius 2 is 1.86 bits per heavy atom. The van der Waals surface area contributed by atoms with Gasteiger partial charge in [0.1, 0.15) is 0 Å². The van der Waals surface area contributed by atoms with Gasteiger partial charge in [-0.2, -0.15) is 0 Å². The molecule has 2 atom stereocenters. The highest BCUT2D eigenvalue weighted by atomic mass is 16.5. The van der Waals surface area contributed by atoms with E-state index in [0.29, 0.717) is 19.3 Å². The van der Waals surface area contributed by atoms with E-state index in [1.54, 1.807) is 0 Å². The first-order chi connectivity index (χ1) is 10.3. The van der Waals surface area contributed by atoms with Gasteiger partial charge >= 0.3 is 5.97 Å². The van der Waals surface area contributed by atoms with E-state index in [0.717, 1.165) is 25.9 Å². The number of unbranched alkanes of at least 4 members (excludes halogenated alkanes) is 2. The summed E-state index contributed by atoms with van der Waals surface area (Å²) < 4.78 is 5.92. The second-order valence-electron chi connectivity index (χ2n) is 6.89. The van der Waals surface area contributed by atoms with Crippen molar-refractivity contribution in [2.24, 2.45) is 5.41 Å². The number of nitrogens with zero attached hydrogens (tertiary/aromatic N) is 1. The van der Waals surface area contributed by atoms with Gasteiger partial charge in [-0.3, -0.25) is 9.59 Å². The molecule has 22 heavy (non-hydrogen) atoms. The lowest BCUT2D eigenvalue weighted by molar-refractivity contribution is -0.165. The molecule has 5 nitrogen and oxygen atoms in total. The molecule has 5 heteroatoms. The van der Waals surface area contributed by atoms with Crippen LogP contribution >= 0.6 is 0 Å². The normalized spacial score (nSPS) is 22.9. The van der Waals surface area contributed by atoms with Crippen molar-refractivity contribution in [3.63, 3.8) is 0 Å². The van der Waals surface area contributed by atoms with E-state index in [-0.39, 0.29) is 29.9 Å². The fourth-order valence-electron chi connectivity index (χ4n) is 3.08. The van der Waals surface area contributed by atoms with E-state index in [1.165, 1.54) is 0 Å². The topological polar surface area (TPSA) is 66.8 Å². The molecule has 1 saturated carbocycles. The molecule has 0 aromatic carbocycles. The van der Waals surface area contributed by atoms with Crippen molar-refractivity contribution in [1.29, 1.82) is 0 Å². The molecule has 1 aliphatic carbocycles. The zero-order chi connectivity index (χ0) is 16.8. The molecule has 0 bridgehead atoms. The summed E-state index contributed by atoms with van der Waals surface area (Å²) in [6, 6.07) is 0.214. The van der Waals surface area contributed by atoms with Gasteiger partial charge in [-0.1, -0.05) is 27.2 Å². The van der Waals surface area contributed by atoms with Crippen molar-refractivity contribution in [3.8, 4) is 0 Å². The van der Waals surface area contributed by atoms with Crippen LogP contribution in [0.4, 0.5) is 0 Å². The Morgan fingerprint density at radius 3 is 2.41 bits per heavy atom. The SMILES string of the molecule is CCCCOC1CC(N(C)C(=O)CCCCC(=O)O)C1(C)C. The fourth-order valence-corrected chi connectivity index (χ4v) is 3.08. The van der Waals surface area contributed by atoms with Gasteiger partial charge in [0.05, 0.1) is 6.10 Å². The van der Waals surface area contributed by atoms with Gasteiger partial charge in [-0.25, -0.2) is 0 Å². The smallest absolute Gasteiger partial charge is 0.303 e. The molecule has 2 unspecified atom stereocenters. The van der Waals surface area contributed by atoms with Gasteiger partial charge in [0, 0.05) is 38.0 Å². The molecule has 128 valence electrons. The fraction of sp³-hybridized carbons (Fsp3) is 0.882. The highest BCUT2D eigenvalue weighted by Crippen LogP contribution is 2.45. The van der Waals surface area contributed by atoms with Crippen LogP contribution in [0.15, 0.2) is 0 Å². The van der Waals surface area contributed by atoms with Gasteiger partial charge in [0.2, 0.25) is 5.91 Å². The van der Waals surface area contributed by atoms with Crippen molar-refractivity contribution in [2.75, 3.05) is 13.7 Å². The number of aliphatic carboxylic acids is 1. The van der Waals surface area contributed by atoms with E-state index in [4.69, 9.17) is 9.84 Å². The largest absolute Gasteiger partial charge is 0.481 e. The molecule has 0 spiro atoms. The standard InChI is InChI=1S/C17H31NO4/c1-5-6-11-22-14-12-13(17(14,2)3)18(4)15(19)9-7-8-10-16(20)21/h13-14H,5-12H2,1-4H3,(H,20,21). The Hall–Kier alpha value is -1.10. The Kier molecular flexibility index (Phi) is 7.33. The number of hydrogen-bond acceptors (Lipinski definition) is 3. The number of ether oxygens (including phenoxy) is 1. The molecule has 0 saturated heterocycles. The van der Waals surface area contributed by atoms with Crippen molar-refractivity contribution in [1.82, 2.24) is 4.90 Å². The second-order valence-corrected chi connectivity index (χ2v) is 6.89. The maximum Gasteiger partial charge on any atom is 0.303 e. The molecule has 1 amide bonds. The third-order valence-electron chi connectivity index (χ3n) is 4.84. The predicted molar refractivity (Wildman–Crippen MR) is 85.7 cm³/mol. The summed E-state index contributed by atoms with van der Waals surface area (Å²) in [5.74, 6) is -0.691. The quantitative estimate of drug-likeness (QED) is 0.629. The highest BCUT2D eigenvalue weighted by molar-refractivity contribution is 5.76. The maximum absolute atomic E-state index is 12.2.